The summed E-state index contributed by atoms with van der Waals surface area (Å²) in [4.78, 5) is 27.0. The molecule has 0 aliphatic carbocycles. The van der Waals surface area contributed by atoms with Gasteiger partial charge in [0.1, 0.15) is 12.2 Å². The molecule has 0 unspecified atom stereocenters. The summed E-state index contributed by atoms with van der Waals surface area (Å²) >= 11 is 2.95. The van der Waals surface area contributed by atoms with Gasteiger partial charge in [0, 0.05) is 6.20 Å². The van der Waals surface area contributed by atoms with Crippen LogP contribution >= 0.6 is 23.5 Å². The van der Waals surface area contributed by atoms with Gasteiger partial charge >= 0.3 is 19.2 Å². The number of rotatable bonds is 8. The lowest BCUT2D eigenvalue weighted by Gasteiger charge is -2.22. The molecule has 2 N–H and O–H groups in total. The van der Waals surface area contributed by atoms with Crippen LogP contribution in [0.15, 0.2) is 20.8 Å². The largest absolute Gasteiger partial charge is 0.384 e. The summed E-state index contributed by atoms with van der Waals surface area (Å²) in [6.07, 6.45) is -4.73. The summed E-state index contributed by atoms with van der Waals surface area (Å²) in [5, 5.41) is 10.1. The molecule has 0 amide bonds. The number of nitrogens with one attached hydrogen (secondary N) is 1. The summed E-state index contributed by atoms with van der Waals surface area (Å²) in [7, 11) is -3.80. The topological polar surface area (TPSA) is 120 Å². The normalized spacial score (nSPS) is 24.9. The van der Waals surface area contributed by atoms with Crippen LogP contribution in [-0.2, 0) is 18.3 Å². The first-order valence-corrected chi connectivity index (χ1v) is 11.0. The second-order valence-electron chi connectivity index (χ2n) is 5.82. The summed E-state index contributed by atoms with van der Waals surface area (Å²) < 4.78 is 57.7. The second-order valence-corrected chi connectivity index (χ2v) is 8.45. The third kappa shape index (κ3) is 4.69. The van der Waals surface area contributed by atoms with Crippen molar-refractivity contribution in [2.75, 3.05) is 19.4 Å². The first-order valence-electron chi connectivity index (χ1n) is 8.31. The van der Waals surface area contributed by atoms with E-state index in [2.05, 4.69) is 15.9 Å². The summed E-state index contributed by atoms with van der Waals surface area (Å²) in [5.41, 5.74) is -2.03. The van der Waals surface area contributed by atoms with Crippen molar-refractivity contribution in [3.8, 4) is 0 Å². The highest BCUT2D eigenvalue weighted by molar-refractivity contribution is 9.11. The third-order valence-electron chi connectivity index (χ3n) is 3.93. The van der Waals surface area contributed by atoms with Crippen LogP contribution in [0.4, 0.5) is 8.78 Å². The van der Waals surface area contributed by atoms with Crippen LogP contribution in [0.3, 0.4) is 0 Å². The number of halogens is 3. The van der Waals surface area contributed by atoms with E-state index < -0.39 is 49.4 Å². The number of aromatic amines is 1. The lowest BCUT2D eigenvalue weighted by Crippen LogP contribution is -2.43. The molecule has 28 heavy (non-hydrogen) atoms. The maximum Gasteiger partial charge on any atom is 0.333 e. The fraction of sp³-hybridized carbons (Fsp3) is 0.600. The Morgan fingerprint density at radius 3 is 2.54 bits per heavy atom. The van der Waals surface area contributed by atoms with Gasteiger partial charge in [0.2, 0.25) is 6.23 Å². The van der Waals surface area contributed by atoms with Gasteiger partial charge in [0.05, 0.1) is 24.9 Å². The van der Waals surface area contributed by atoms with Gasteiger partial charge in [-0.1, -0.05) is 15.9 Å². The molecular weight excluding hydrogens is 469 g/mol. The molecule has 0 bridgehead atoms. The van der Waals surface area contributed by atoms with Crippen LogP contribution in [0.25, 0.3) is 6.08 Å². The molecule has 0 spiro atoms. The number of aliphatic hydroxyl groups excluding tert-OH is 1. The molecule has 1 aliphatic heterocycles. The highest BCUT2D eigenvalue weighted by Crippen LogP contribution is 2.53. The predicted molar refractivity (Wildman–Crippen MR) is 99.9 cm³/mol. The molecule has 2 heterocycles. The van der Waals surface area contributed by atoms with Crippen molar-refractivity contribution in [3.63, 3.8) is 0 Å². The van der Waals surface area contributed by atoms with Crippen LogP contribution in [0.2, 0.25) is 0 Å². The quantitative estimate of drug-likeness (QED) is 0.537. The van der Waals surface area contributed by atoms with Crippen molar-refractivity contribution in [3.05, 3.63) is 37.6 Å². The molecule has 3 atom stereocenters. The van der Waals surface area contributed by atoms with Crippen molar-refractivity contribution in [1.29, 1.82) is 0 Å². The van der Waals surface area contributed by atoms with E-state index in [1.54, 1.807) is 13.8 Å². The summed E-state index contributed by atoms with van der Waals surface area (Å²) in [6, 6.07) is 0. The van der Waals surface area contributed by atoms with Gasteiger partial charge in [-0.05, 0) is 24.9 Å². The van der Waals surface area contributed by atoms with Crippen molar-refractivity contribution in [2.24, 2.45) is 0 Å². The highest BCUT2D eigenvalue weighted by Gasteiger charge is 2.61. The summed E-state index contributed by atoms with van der Waals surface area (Å²) in [5.74, 6) is -3.91. The van der Waals surface area contributed by atoms with E-state index in [4.69, 9.17) is 13.8 Å². The van der Waals surface area contributed by atoms with E-state index in [0.717, 1.165) is 6.20 Å². The van der Waals surface area contributed by atoms with E-state index in [1.165, 1.54) is 11.1 Å². The van der Waals surface area contributed by atoms with E-state index in [-0.39, 0.29) is 18.8 Å². The van der Waals surface area contributed by atoms with Gasteiger partial charge in [-0.25, -0.2) is 4.79 Å². The van der Waals surface area contributed by atoms with Gasteiger partial charge in [0.15, 0.2) is 0 Å². The molecule has 1 aliphatic rings. The molecule has 0 aromatic carbocycles. The van der Waals surface area contributed by atoms with Gasteiger partial charge in [-0.3, -0.25) is 18.9 Å². The van der Waals surface area contributed by atoms with Crippen LogP contribution < -0.4 is 11.2 Å². The maximum atomic E-state index is 14.7. The number of nitrogens with zero attached hydrogens (tertiary/aromatic N) is 1. The number of H-pyrrole nitrogens is 1. The maximum absolute atomic E-state index is 14.7. The molecular formula is C15H20BrF2N2O7P. The van der Waals surface area contributed by atoms with Gasteiger partial charge in [-0.2, -0.15) is 8.78 Å². The van der Waals surface area contributed by atoms with Gasteiger partial charge < -0.3 is 18.9 Å². The zero-order valence-electron chi connectivity index (χ0n) is 15.0. The van der Waals surface area contributed by atoms with Crippen molar-refractivity contribution in [2.45, 2.75) is 38.2 Å². The standard InChI is InChI=1S/C15H20BrF2N2O7P/c1-3-25-28(24,26-4-2)8-10-11(21)15(17,18)13(27-10)20-7-9(5-6-16)12(22)19-14(20)23/h5-7,10-11,13,21H,3-4,8H2,1-2H3,(H,19,22,23)/b6-5+/t10-,11-,13-/m1/s1. The molecule has 1 aromatic rings. The van der Waals surface area contributed by atoms with Crippen molar-refractivity contribution >= 4 is 29.6 Å². The molecule has 0 saturated carbocycles. The Labute approximate surface area is 167 Å². The molecule has 1 aromatic heterocycles. The molecule has 0 radical (unpaired) electrons. The zero-order valence-corrected chi connectivity index (χ0v) is 17.5. The van der Waals surface area contributed by atoms with Crippen LogP contribution in [0, 0.1) is 0 Å². The molecule has 158 valence electrons. The van der Waals surface area contributed by atoms with Crippen molar-refractivity contribution < 1.29 is 32.2 Å². The van der Waals surface area contributed by atoms with Crippen LogP contribution in [0.5, 0.6) is 0 Å². The monoisotopic (exact) mass is 488 g/mol. The van der Waals surface area contributed by atoms with Crippen molar-refractivity contribution in [1.82, 2.24) is 9.55 Å². The Kier molecular flexibility index (Phi) is 7.51. The van der Waals surface area contributed by atoms with E-state index >= 15 is 0 Å². The predicted octanol–water partition coefficient (Wildman–Crippen LogP) is 2.06. The molecule has 2 rings (SSSR count). The Morgan fingerprint density at radius 1 is 1.39 bits per heavy atom. The Hall–Kier alpha value is -1.17. The van der Waals surface area contributed by atoms with Crippen LogP contribution in [0.1, 0.15) is 25.6 Å². The fourth-order valence-corrected chi connectivity index (χ4v) is 4.82. The minimum atomic E-state index is -3.91. The number of aromatic nitrogens is 2. The first-order chi connectivity index (χ1) is 13.1. The molecule has 1 fully saturated rings. The zero-order chi connectivity index (χ0) is 21.1. The number of hydrogen-bond acceptors (Lipinski definition) is 7. The smallest absolute Gasteiger partial charge is 0.333 e. The lowest BCUT2D eigenvalue weighted by atomic mass is 10.1. The van der Waals surface area contributed by atoms with E-state index in [1.807, 2.05) is 4.98 Å². The number of alkyl halides is 2. The van der Waals surface area contributed by atoms with Gasteiger partial charge in [-0.15, -0.1) is 0 Å². The Bertz CT molecular complexity index is 878. The molecule has 13 heteroatoms. The number of ether oxygens (including phenoxy) is 1. The van der Waals surface area contributed by atoms with Gasteiger partial charge in [0.25, 0.3) is 5.56 Å². The lowest BCUT2D eigenvalue weighted by molar-refractivity contribution is -0.140. The highest BCUT2D eigenvalue weighted by atomic mass is 79.9. The molecule has 9 nitrogen and oxygen atoms in total. The van der Waals surface area contributed by atoms with Crippen LogP contribution in [-0.4, -0.2) is 52.2 Å². The molecule has 1 saturated heterocycles. The minimum absolute atomic E-state index is 0.00152. The first kappa shape index (κ1) is 23.1. The SMILES string of the molecule is CCOP(=O)(C[C@H]1O[C@@H](n2cc(/C=C/Br)c(=O)[nH]c2=O)C(F)(F)[C@@H]1O)OCC. The Balaban J connectivity index is 2.41. The second kappa shape index (κ2) is 9.10. The average molecular weight is 489 g/mol. The summed E-state index contributed by atoms with van der Waals surface area (Å²) in [6.45, 7) is 3.10. The Morgan fingerprint density at radius 2 is 2.00 bits per heavy atom. The van der Waals surface area contributed by atoms with E-state index in [0.29, 0.717) is 4.57 Å². The number of hydrogen-bond donors (Lipinski definition) is 2. The average Bonchev–Trinajstić information content (AvgIpc) is 2.81. The van der Waals surface area contributed by atoms with E-state index in [9.17, 15) is 28.0 Å². The minimum Gasteiger partial charge on any atom is -0.384 e. The third-order valence-corrected chi connectivity index (χ3v) is 6.30. The number of aliphatic hydroxyl groups is 1. The fourth-order valence-electron chi connectivity index (χ4n) is 2.74.